The molecule has 2 aliphatic heterocycles. The largest absolute Gasteiger partial charge is 0.607 e. The van der Waals surface area contributed by atoms with Crippen LogP contribution < -0.4 is 5.46 Å². The monoisotopic (exact) mass is 387 g/mol. The number of nitrogens with zero attached hydrogens (tertiary/aromatic N) is 1. The van der Waals surface area contributed by atoms with Gasteiger partial charge in [-0.05, 0) is 12.5 Å². The molecule has 0 aliphatic carbocycles. The molecule has 4 nitrogen and oxygen atoms in total. The molecule has 2 aromatic carbocycles. The minimum atomic E-state index is -1.91. The Labute approximate surface area is 150 Å². The molecule has 2 unspecified atom stereocenters. The van der Waals surface area contributed by atoms with E-state index in [4.69, 9.17) is 9.31 Å². The van der Waals surface area contributed by atoms with Gasteiger partial charge >= 0.3 is 12.7 Å². The maximum atomic E-state index is 12.2. The average Bonchev–Trinajstić information content (AvgIpc) is 2.96. The van der Waals surface area contributed by atoms with Gasteiger partial charge in [0.25, 0.3) is 0 Å². The zero-order chi connectivity index (χ0) is 16.9. The Hall–Kier alpha value is -1.63. The van der Waals surface area contributed by atoms with E-state index in [1.165, 1.54) is 0 Å². The van der Waals surface area contributed by atoms with Crippen LogP contribution in [-0.4, -0.2) is 36.7 Å². The summed E-state index contributed by atoms with van der Waals surface area (Å²) in [5.41, 5.74) is 2.05. The second kappa shape index (κ2) is 5.44. The minimum Gasteiger partial charge on any atom is -0.607 e. The van der Waals surface area contributed by atoms with Crippen LogP contribution >= 0.6 is 15.9 Å². The van der Waals surface area contributed by atoms with E-state index in [0.29, 0.717) is 10.9 Å². The molecule has 2 fully saturated rings. The molecule has 24 heavy (non-hydrogen) atoms. The van der Waals surface area contributed by atoms with Gasteiger partial charge < -0.3 is 13.7 Å². The zero-order valence-corrected chi connectivity index (χ0v) is 15.3. The lowest BCUT2D eigenvalue weighted by Crippen LogP contribution is -2.69. The number of fused-ring (bicyclic) bond motifs is 1. The summed E-state index contributed by atoms with van der Waals surface area (Å²) in [7, 11) is 2.07. The number of carbonyl (C=O) groups is 1. The van der Waals surface area contributed by atoms with Gasteiger partial charge in [0.1, 0.15) is 6.54 Å². The second-order valence-corrected chi connectivity index (χ2v) is 7.84. The van der Waals surface area contributed by atoms with E-state index in [1.54, 1.807) is 0 Å². The molecule has 0 saturated carbocycles. The summed E-state index contributed by atoms with van der Waals surface area (Å²) in [6.07, 6.45) is -0.104. The highest BCUT2D eigenvalue weighted by molar-refractivity contribution is 9.10. The molecule has 0 N–H and O–H groups in total. The molecule has 124 valence electrons. The van der Waals surface area contributed by atoms with Gasteiger partial charge in [0, 0.05) is 11.5 Å². The Morgan fingerprint density at radius 2 is 1.79 bits per heavy atom. The van der Waals surface area contributed by atoms with E-state index in [1.807, 2.05) is 42.5 Å². The molecular formula is C18H19BBrNO3. The number of likely N-dealkylation sites (N-methyl/N-ethyl adjacent to an activating group) is 1. The van der Waals surface area contributed by atoms with Crippen LogP contribution in [0.5, 0.6) is 0 Å². The molecule has 2 heterocycles. The third kappa shape index (κ3) is 2.10. The highest BCUT2D eigenvalue weighted by Crippen LogP contribution is 2.46. The fourth-order valence-corrected chi connectivity index (χ4v) is 4.43. The lowest BCUT2D eigenvalue weighted by molar-refractivity contribution is -0.821. The van der Waals surface area contributed by atoms with Crippen LogP contribution in [0.4, 0.5) is 0 Å². The smallest absolute Gasteiger partial charge is 0.558 e. The number of benzene rings is 2. The standard InChI is InChI=1S/C18H19BBrNO3/c1-13-18(14-6-4-3-5-7-14)24-19(15-8-10-16(20)11-9-15)21(13,2)12-17(22)23-19/h3-11,13,18H,12H2,1-2H3/t13-,18-,19?,21?/m1/s1. The first kappa shape index (κ1) is 15.9. The first-order chi connectivity index (χ1) is 11.5. The number of hydrogen-bond donors (Lipinski definition) is 0. The zero-order valence-electron chi connectivity index (χ0n) is 13.7. The van der Waals surface area contributed by atoms with E-state index >= 15 is 0 Å². The Kier molecular flexibility index (Phi) is 3.60. The average molecular weight is 388 g/mol. The molecule has 0 amide bonds. The summed E-state index contributed by atoms with van der Waals surface area (Å²) >= 11 is 3.46. The van der Waals surface area contributed by atoms with Crippen molar-refractivity contribution in [2.75, 3.05) is 13.6 Å². The first-order valence-electron chi connectivity index (χ1n) is 8.16. The molecule has 2 aliphatic rings. The number of hydrogen-bond acceptors (Lipinski definition) is 3. The fourth-order valence-electron chi connectivity index (χ4n) is 4.17. The highest BCUT2D eigenvalue weighted by atomic mass is 79.9. The summed E-state index contributed by atoms with van der Waals surface area (Å²) in [4.78, 5) is 12.2. The third-order valence-electron chi connectivity index (χ3n) is 5.66. The Balaban J connectivity index is 1.84. The second-order valence-electron chi connectivity index (χ2n) is 6.93. The van der Waals surface area contributed by atoms with Crippen LogP contribution in [0, 0.1) is 0 Å². The van der Waals surface area contributed by atoms with Crippen molar-refractivity contribution in [3.8, 4) is 0 Å². The van der Waals surface area contributed by atoms with Crippen molar-refractivity contribution in [3.63, 3.8) is 0 Å². The topological polar surface area (TPSA) is 35.5 Å². The van der Waals surface area contributed by atoms with E-state index in [-0.39, 0.29) is 18.1 Å². The summed E-state index contributed by atoms with van der Waals surface area (Å²) in [5, 5.41) is 0. The van der Waals surface area contributed by atoms with Crippen molar-refractivity contribution in [1.29, 1.82) is 0 Å². The molecule has 0 radical (unpaired) electrons. The van der Waals surface area contributed by atoms with Gasteiger partial charge in [0.05, 0.1) is 12.1 Å². The van der Waals surface area contributed by atoms with Crippen LogP contribution in [0.3, 0.4) is 0 Å². The van der Waals surface area contributed by atoms with Crippen molar-refractivity contribution >= 4 is 34.0 Å². The predicted octanol–water partition coefficient (Wildman–Crippen LogP) is 2.76. The van der Waals surface area contributed by atoms with Crippen LogP contribution in [0.15, 0.2) is 59.1 Å². The van der Waals surface area contributed by atoms with Gasteiger partial charge in [-0.25, -0.2) is 0 Å². The first-order valence-corrected chi connectivity index (χ1v) is 8.95. The Bertz CT molecular complexity index is 785. The molecule has 0 aromatic heterocycles. The summed E-state index contributed by atoms with van der Waals surface area (Å²) in [6, 6.07) is 18.2. The molecule has 4 atom stereocenters. The molecule has 0 spiro atoms. The Morgan fingerprint density at radius 1 is 1.12 bits per heavy atom. The molecule has 4 rings (SSSR count). The number of rotatable bonds is 2. The lowest BCUT2D eigenvalue weighted by Gasteiger charge is -2.44. The maximum Gasteiger partial charge on any atom is 0.558 e. The lowest BCUT2D eigenvalue weighted by atomic mass is 9.60. The van der Waals surface area contributed by atoms with E-state index in [9.17, 15) is 4.79 Å². The minimum absolute atomic E-state index is 0.104. The molecule has 6 heteroatoms. The summed E-state index contributed by atoms with van der Waals surface area (Å²) in [6.45, 7) is 0.561. The van der Waals surface area contributed by atoms with E-state index in [0.717, 1.165) is 15.5 Å². The van der Waals surface area contributed by atoms with Gasteiger partial charge in [-0.3, -0.25) is 4.79 Å². The van der Waals surface area contributed by atoms with E-state index in [2.05, 4.69) is 42.0 Å². The van der Waals surface area contributed by atoms with Crippen molar-refractivity contribution < 1.29 is 18.5 Å². The van der Waals surface area contributed by atoms with Gasteiger partial charge in [-0.1, -0.05) is 76.0 Å². The summed E-state index contributed by atoms with van der Waals surface area (Å²) < 4.78 is 13.9. The fraction of sp³-hybridized carbons (Fsp3) is 0.278. The van der Waals surface area contributed by atoms with Crippen molar-refractivity contribution in [1.82, 2.24) is 0 Å². The van der Waals surface area contributed by atoms with Crippen LogP contribution in [0.25, 0.3) is 0 Å². The van der Waals surface area contributed by atoms with E-state index < -0.39 is 6.69 Å². The molecule has 2 aromatic rings. The van der Waals surface area contributed by atoms with Crippen LogP contribution in [0.1, 0.15) is 18.6 Å². The number of halogens is 1. The van der Waals surface area contributed by atoms with Crippen LogP contribution in [0.2, 0.25) is 0 Å². The quantitative estimate of drug-likeness (QED) is 0.743. The summed E-state index contributed by atoms with van der Waals surface area (Å²) in [5.74, 6) is -0.196. The molecule has 0 bridgehead atoms. The third-order valence-corrected chi connectivity index (χ3v) is 6.19. The molecule has 2 saturated heterocycles. The normalized spacial score (nSPS) is 34.9. The highest BCUT2D eigenvalue weighted by Gasteiger charge is 2.67. The Morgan fingerprint density at radius 3 is 2.46 bits per heavy atom. The van der Waals surface area contributed by atoms with Crippen molar-refractivity contribution in [2.24, 2.45) is 0 Å². The maximum absolute atomic E-state index is 12.2. The number of carbonyl (C=O) groups excluding carboxylic acids is 1. The van der Waals surface area contributed by atoms with Gasteiger partial charge in [0.2, 0.25) is 0 Å². The van der Waals surface area contributed by atoms with Gasteiger partial charge in [-0.15, -0.1) is 0 Å². The van der Waals surface area contributed by atoms with Gasteiger partial charge in [-0.2, -0.15) is 0 Å². The predicted molar refractivity (Wildman–Crippen MR) is 96.4 cm³/mol. The van der Waals surface area contributed by atoms with Crippen molar-refractivity contribution in [3.05, 3.63) is 64.6 Å². The van der Waals surface area contributed by atoms with Crippen molar-refractivity contribution in [2.45, 2.75) is 19.1 Å². The van der Waals surface area contributed by atoms with Crippen LogP contribution in [-0.2, 0) is 14.1 Å². The molecular weight excluding hydrogens is 369 g/mol. The van der Waals surface area contributed by atoms with Gasteiger partial charge in [0.15, 0.2) is 0 Å². The number of quaternary nitrogens is 1. The SMILES string of the molecule is C[C@@H]1[C@H](c2ccccc2)O[B-]2(c3ccc(Br)cc3)OC(=O)C[N+]12C.